The minimum absolute atomic E-state index is 0.0674. The van der Waals surface area contributed by atoms with Gasteiger partial charge in [-0.1, -0.05) is 44.5 Å². The highest BCUT2D eigenvalue weighted by Crippen LogP contribution is 2.43. The molecule has 0 saturated carbocycles. The maximum atomic E-state index is 17.0. The lowest BCUT2D eigenvalue weighted by Gasteiger charge is -2.34. The molecule has 0 aliphatic rings. The average Bonchev–Trinajstić information content (AvgIpc) is 2.98. The zero-order valence-corrected chi connectivity index (χ0v) is 30.0. The summed E-state index contributed by atoms with van der Waals surface area (Å²) in [6, 6.07) is 7.57. The van der Waals surface area contributed by atoms with E-state index in [9.17, 15) is 19.5 Å². The zero-order chi connectivity index (χ0) is 36.2. The van der Waals surface area contributed by atoms with Gasteiger partial charge in [0, 0.05) is 23.7 Å². The van der Waals surface area contributed by atoms with Crippen LogP contribution >= 0.6 is 0 Å². The molecule has 2 rings (SSSR count). The summed E-state index contributed by atoms with van der Waals surface area (Å²) in [5.41, 5.74) is -3.07. The van der Waals surface area contributed by atoms with Crippen molar-refractivity contribution in [1.29, 1.82) is 0 Å². The fourth-order valence-electron chi connectivity index (χ4n) is 4.93. The molecule has 0 spiro atoms. The lowest BCUT2D eigenvalue weighted by Crippen LogP contribution is -2.45. The third-order valence-electron chi connectivity index (χ3n) is 7.02. The predicted octanol–water partition coefficient (Wildman–Crippen LogP) is 8.01. The Hall–Kier alpha value is -3.96. The van der Waals surface area contributed by atoms with Crippen LogP contribution in [-0.4, -0.2) is 71.7 Å². The first-order chi connectivity index (χ1) is 22.5. The second-order valence-corrected chi connectivity index (χ2v) is 13.5. The Morgan fingerprint density at radius 2 is 1.56 bits per heavy atom. The number of hydrogen-bond donors (Lipinski definition) is 1. The quantitative estimate of drug-likeness (QED) is 0.0870. The summed E-state index contributed by atoms with van der Waals surface area (Å²) in [6.45, 7) is 19.5. The van der Waals surface area contributed by atoms with Crippen LogP contribution in [0.5, 0.6) is 11.5 Å². The summed E-state index contributed by atoms with van der Waals surface area (Å²) < 4.78 is 40.2. The molecule has 0 saturated heterocycles. The Kier molecular flexibility index (Phi) is 15.1. The summed E-state index contributed by atoms with van der Waals surface area (Å²) in [5.74, 6) is -1.87. The second kappa shape index (κ2) is 18.0. The molecule has 0 aromatic heterocycles. The van der Waals surface area contributed by atoms with Gasteiger partial charge in [-0.25, -0.2) is 18.8 Å². The SMILES string of the molecule is C=CCN(CCC)C(CO)Cc1c(F)c(C)c(C(=O)Oc2ccccc2)c(OCCCC)c1N(C(=O)OC(C)(C)C)C(=O)OC(C)(C)C. The molecule has 48 heavy (non-hydrogen) atoms. The molecule has 10 nitrogen and oxygen atoms in total. The van der Waals surface area contributed by atoms with Gasteiger partial charge in [-0.3, -0.25) is 4.90 Å². The normalized spacial score (nSPS) is 12.3. The summed E-state index contributed by atoms with van der Waals surface area (Å²) in [6.07, 6.45) is 1.16. The lowest BCUT2D eigenvalue weighted by molar-refractivity contribution is 0.0426. The Morgan fingerprint density at radius 3 is 2.04 bits per heavy atom. The number of aliphatic hydroxyl groups is 1. The molecule has 0 heterocycles. The lowest BCUT2D eigenvalue weighted by atomic mass is 9.94. The van der Waals surface area contributed by atoms with E-state index in [1.54, 1.807) is 78.0 Å². The number of halogens is 1. The maximum absolute atomic E-state index is 17.0. The van der Waals surface area contributed by atoms with Gasteiger partial charge in [0.15, 0.2) is 5.75 Å². The highest BCUT2D eigenvalue weighted by Gasteiger charge is 2.41. The minimum Gasteiger partial charge on any atom is -0.490 e. The number of unbranched alkanes of at least 4 members (excludes halogenated alkanes) is 1. The summed E-state index contributed by atoms with van der Waals surface area (Å²) >= 11 is 0. The van der Waals surface area contributed by atoms with Gasteiger partial charge in [0.05, 0.1) is 13.2 Å². The number of imide groups is 1. The van der Waals surface area contributed by atoms with Crippen molar-refractivity contribution in [1.82, 2.24) is 4.90 Å². The maximum Gasteiger partial charge on any atom is 0.424 e. The van der Waals surface area contributed by atoms with Crippen LogP contribution in [-0.2, 0) is 15.9 Å². The molecule has 0 radical (unpaired) electrons. The van der Waals surface area contributed by atoms with E-state index in [4.69, 9.17) is 18.9 Å². The van der Waals surface area contributed by atoms with E-state index in [2.05, 4.69) is 6.58 Å². The molecule has 2 amide bonds. The van der Waals surface area contributed by atoms with Crippen molar-refractivity contribution in [3.8, 4) is 11.5 Å². The molecule has 266 valence electrons. The van der Waals surface area contributed by atoms with Crippen LogP contribution < -0.4 is 14.4 Å². The molecule has 0 aliphatic carbocycles. The number of carbonyl (C=O) groups excluding carboxylic acids is 3. The van der Waals surface area contributed by atoms with Crippen molar-refractivity contribution in [2.75, 3.05) is 31.2 Å². The van der Waals surface area contributed by atoms with Crippen LogP contribution in [0.4, 0.5) is 19.7 Å². The molecule has 1 atom stereocenters. The smallest absolute Gasteiger partial charge is 0.424 e. The van der Waals surface area contributed by atoms with Crippen LogP contribution in [0.3, 0.4) is 0 Å². The van der Waals surface area contributed by atoms with Crippen LogP contribution in [0, 0.1) is 12.7 Å². The second-order valence-electron chi connectivity index (χ2n) is 13.5. The first kappa shape index (κ1) is 40.2. The fourth-order valence-corrected chi connectivity index (χ4v) is 4.93. The largest absolute Gasteiger partial charge is 0.490 e. The van der Waals surface area contributed by atoms with Crippen molar-refractivity contribution in [2.24, 2.45) is 0 Å². The van der Waals surface area contributed by atoms with E-state index in [1.807, 2.05) is 18.7 Å². The molecular weight excluding hydrogens is 619 g/mol. The van der Waals surface area contributed by atoms with Crippen LogP contribution in [0.25, 0.3) is 0 Å². The Balaban J connectivity index is 3.10. The van der Waals surface area contributed by atoms with Crippen LogP contribution in [0.2, 0.25) is 0 Å². The molecule has 1 N–H and O–H groups in total. The van der Waals surface area contributed by atoms with Gasteiger partial charge in [-0.2, -0.15) is 4.90 Å². The van der Waals surface area contributed by atoms with Gasteiger partial charge in [-0.15, -0.1) is 6.58 Å². The number of rotatable bonds is 15. The average molecular weight is 673 g/mol. The number of aliphatic hydroxyl groups excluding tert-OH is 1. The van der Waals surface area contributed by atoms with Crippen molar-refractivity contribution >= 4 is 23.8 Å². The van der Waals surface area contributed by atoms with E-state index >= 15 is 4.39 Å². The van der Waals surface area contributed by atoms with Gasteiger partial charge in [-0.05, 0) is 86.4 Å². The van der Waals surface area contributed by atoms with Gasteiger partial charge in [0.25, 0.3) is 0 Å². The van der Waals surface area contributed by atoms with Crippen molar-refractivity contribution < 1.29 is 42.8 Å². The molecular formula is C37H53FN2O8. The van der Waals surface area contributed by atoms with Crippen molar-refractivity contribution in [2.45, 2.75) is 105 Å². The number of hydrogen-bond acceptors (Lipinski definition) is 9. The monoisotopic (exact) mass is 672 g/mol. The Morgan fingerprint density at radius 1 is 0.979 bits per heavy atom. The van der Waals surface area contributed by atoms with Crippen molar-refractivity contribution in [3.05, 3.63) is 65.5 Å². The Labute approximate surface area is 284 Å². The van der Waals surface area contributed by atoms with E-state index in [-0.39, 0.29) is 53.5 Å². The first-order valence-electron chi connectivity index (χ1n) is 16.5. The van der Waals surface area contributed by atoms with Crippen LogP contribution in [0.15, 0.2) is 43.0 Å². The number of esters is 1. The minimum atomic E-state index is -1.17. The van der Waals surface area contributed by atoms with E-state index in [0.29, 0.717) is 30.8 Å². The molecule has 1 unspecified atom stereocenters. The first-order valence-corrected chi connectivity index (χ1v) is 16.5. The number of carbonyl (C=O) groups is 3. The van der Waals surface area contributed by atoms with Crippen molar-refractivity contribution in [3.63, 3.8) is 0 Å². The Bertz CT molecular complexity index is 1370. The highest BCUT2D eigenvalue weighted by molar-refractivity contribution is 6.13. The van der Waals surface area contributed by atoms with Crippen LogP contribution in [0.1, 0.15) is 96.1 Å². The molecule has 0 bridgehead atoms. The third-order valence-corrected chi connectivity index (χ3v) is 7.02. The van der Waals surface area contributed by atoms with Gasteiger partial charge < -0.3 is 24.1 Å². The zero-order valence-electron chi connectivity index (χ0n) is 30.0. The summed E-state index contributed by atoms with van der Waals surface area (Å²) in [4.78, 5) is 44.4. The fraction of sp³-hybridized carbons (Fsp3) is 0.541. The number of para-hydroxylation sites is 1. The van der Waals surface area contributed by atoms with E-state index in [1.165, 1.54) is 6.92 Å². The van der Waals surface area contributed by atoms with Gasteiger partial charge >= 0.3 is 18.2 Å². The van der Waals surface area contributed by atoms with Gasteiger partial charge in [0.1, 0.15) is 34.0 Å². The number of nitrogens with zero attached hydrogens (tertiary/aromatic N) is 2. The number of benzene rings is 2. The number of anilines is 1. The number of ether oxygens (including phenoxy) is 4. The predicted molar refractivity (Wildman–Crippen MR) is 185 cm³/mol. The molecule has 0 aliphatic heterocycles. The molecule has 11 heteroatoms. The highest BCUT2D eigenvalue weighted by atomic mass is 19.1. The van der Waals surface area contributed by atoms with E-state index in [0.717, 1.165) is 6.42 Å². The third kappa shape index (κ3) is 11.3. The molecule has 2 aromatic carbocycles. The number of amides is 2. The van der Waals surface area contributed by atoms with Gasteiger partial charge in [0.2, 0.25) is 0 Å². The molecule has 0 fully saturated rings. The topological polar surface area (TPSA) is 115 Å². The van der Waals surface area contributed by atoms with E-state index < -0.39 is 41.2 Å². The summed E-state index contributed by atoms with van der Waals surface area (Å²) in [5, 5.41) is 10.6. The summed E-state index contributed by atoms with van der Waals surface area (Å²) in [7, 11) is 0. The standard InChI is InChI=1S/C37H53FN2O8/c1-11-14-22-45-32-29(33(42)46-27-18-16-15-17-19-27)25(4)30(38)28(23-26(24-41)39(20-12-2)21-13-3)31(32)40(34(43)47-36(5,6)7)35(44)48-37(8,9)10/h12,15-19,26,41H,2,11,13-14,20-24H2,1,3-10H3. The molecule has 2 aromatic rings.